The lowest BCUT2D eigenvalue weighted by Gasteiger charge is -2.17. The van der Waals surface area contributed by atoms with Crippen LogP contribution in [0.1, 0.15) is 10.4 Å². The summed E-state index contributed by atoms with van der Waals surface area (Å²) < 4.78 is 13.5. The van der Waals surface area contributed by atoms with Crippen molar-refractivity contribution >= 4 is 23.2 Å². The van der Waals surface area contributed by atoms with Gasteiger partial charge >= 0.3 is 0 Å². The first-order valence-corrected chi connectivity index (χ1v) is 5.61. The molecule has 1 aromatic carbocycles. The van der Waals surface area contributed by atoms with Crippen LogP contribution >= 0.6 is 11.6 Å². The molecule has 0 unspecified atom stereocenters. The number of carbonyl (C=O) groups excluding carboxylic acids is 1. The number of hydrogen-bond acceptors (Lipinski definition) is 2. The molecule has 18 heavy (non-hydrogen) atoms. The van der Waals surface area contributed by atoms with Gasteiger partial charge in [0.05, 0.1) is 11.3 Å². The molecule has 0 atom stereocenters. The monoisotopic (exact) mass is 264 g/mol. The van der Waals surface area contributed by atoms with Crippen LogP contribution in [0.2, 0.25) is 5.15 Å². The molecular weight excluding hydrogens is 255 g/mol. The smallest absolute Gasteiger partial charge is 0.259 e. The van der Waals surface area contributed by atoms with Crippen molar-refractivity contribution in [1.29, 1.82) is 0 Å². The Morgan fingerprint density at radius 2 is 2.00 bits per heavy atom. The second kappa shape index (κ2) is 5.14. The summed E-state index contributed by atoms with van der Waals surface area (Å²) in [5.74, 6) is -0.792. The van der Waals surface area contributed by atoms with E-state index in [0.29, 0.717) is 10.7 Å². The summed E-state index contributed by atoms with van der Waals surface area (Å²) >= 11 is 5.64. The van der Waals surface area contributed by atoms with Crippen LogP contribution in [-0.2, 0) is 0 Å². The van der Waals surface area contributed by atoms with E-state index in [1.54, 1.807) is 18.2 Å². The van der Waals surface area contributed by atoms with E-state index in [1.807, 2.05) is 0 Å². The Kier molecular flexibility index (Phi) is 3.58. The molecule has 92 valence electrons. The van der Waals surface area contributed by atoms with Crippen LogP contribution in [0.15, 0.2) is 42.6 Å². The predicted molar refractivity (Wildman–Crippen MR) is 68.4 cm³/mol. The van der Waals surface area contributed by atoms with Gasteiger partial charge in [0, 0.05) is 13.2 Å². The Labute approximate surface area is 109 Å². The first kappa shape index (κ1) is 12.5. The number of amides is 1. The van der Waals surface area contributed by atoms with Gasteiger partial charge in [0.1, 0.15) is 11.0 Å². The third-order valence-electron chi connectivity index (χ3n) is 2.49. The molecule has 0 spiro atoms. The number of benzene rings is 1. The van der Waals surface area contributed by atoms with Crippen molar-refractivity contribution in [3.8, 4) is 0 Å². The second-order valence-corrected chi connectivity index (χ2v) is 4.07. The molecule has 3 nitrogen and oxygen atoms in total. The van der Waals surface area contributed by atoms with Crippen LogP contribution in [0.3, 0.4) is 0 Å². The van der Waals surface area contributed by atoms with Crippen LogP contribution in [0.4, 0.5) is 10.1 Å². The molecule has 0 N–H and O–H groups in total. The molecule has 0 aliphatic carbocycles. The number of pyridine rings is 1. The predicted octanol–water partition coefficient (Wildman–Crippen LogP) is 3.15. The fourth-order valence-electron chi connectivity index (χ4n) is 1.53. The summed E-state index contributed by atoms with van der Waals surface area (Å²) in [6.07, 6.45) is 1.36. The van der Waals surface area contributed by atoms with Crippen molar-refractivity contribution in [2.45, 2.75) is 0 Å². The highest BCUT2D eigenvalue weighted by Gasteiger charge is 2.16. The molecule has 0 aliphatic heterocycles. The highest BCUT2D eigenvalue weighted by molar-refractivity contribution is 6.29. The van der Waals surface area contributed by atoms with Gasteiger partial charge in [0.25, 0.3) is 5.91 Å². The molecular formula is C13H10ClFN2O. The fourth-order valence-corrected chi connectivity index (χ4v) is 1.64. The molecule has 0 saturated carbocycles. The number of nitrogens with zero attached hydrogens (tertiary/aromatic N) is 2. The van der Waals surface area contributed by atoms with Gasteiger partial charge in [-0.1, -0.05) is 23.7 Å². The quantitative estimate of drug-likeness (QED) is 0.781. The van der Waals surface area contributed by atoms with Crippen molar-refractivity contribution in [1.82, 2.24) is 4.98 Å². The number of rotatable bonds is 2. The second-order valence-electron chi connectivity index (χ2n) is 3.69. The normalized spacial score (nSPS) is 10.2. The minimum absolute atomic E-state index is 0.220. The van der Waals surface area contributed by atoms with Gasteiger partial charge in [-0.25, -0.2) is 9.37 Å². The molecule has 2 aromatic rings. The van der Waals surface area contributed by atoms with Crippen LogP contribution in [0.25, 0.3) is 0 Å². The van der Waals surface area contributed by atoms with Crippen LogP contribution < -0.4 is 4.90 Å². The maximum absolute atomic E-state index is 13.5. The average molecular weight is 265 g/mol. The number of hydrogen-bond donors (Lipinski definition) is 0. The first-order valence-electron chi connectivity index (χ1n) is 5.24. The fraction of sp³-hybridized carbons (Fsp3) is 0.0769. The first-order chi connectivity index (χ1) is 8.59. The lowest BCUT2D eigenvalue weighted by Crippen LogP contribution is -2.27. The highest BCUT2D eigenvalue weighted by atomic mass is 35.5. The number of halogens is 2. The van der Waals surface area contributed by atoms with Gasteiger partial charge in [-0.3, -0.25) is 4.79 Å². The Morgan fingerprint density at radius 3 is 2.61 bits per heavy atom. The summed E-state index contributed by atoms with van der Waals surface area (Å²) in [6, 6.07) is 9.15. The number of carbonyl (C=O) groups is 1. The summed E-state index contributed by atoms with van der Waals surface area (Å²) in [5, 5.41) is 0.306. The van der Waals surface area contributed by atoms with E-state index in [0.717, 1.165) is 0 Å². The largest absolute Gasteiger partial charge is 0.309 e. The lowest BCUT2D eigenvalue weighted by atomic mass is 10.2. The third kappa shape index (κ3) is 2.49. The van der Waals surface area contributed by atoms with E-state index in [1.165, 1.54) is 36.3 Å². The maximum Gasteiger partial charge on any atom is 0.259 e. The lowest BCUT2D eigenvalue weighted by molar-refractivity contribution is 0.0992. The minimum Gasteiger partial charge on any atom is -0.309 e. The summed E-state index contributed by atoms with van der Waals surface area (Å²) in [7, 11) is 1.51. The molecule has 0 saturated heterocycles. The summed E-state index contributed by atoms with van der Waals surface area (Å²) in [6.45, 7) is 0. The van der Waals surface area contributed by atoms with Gasteiger partial charge in [0.2, 0.25) is 0 Å². The maximum atomic E-state index is 13.5. The van der Waals surface area contributed by atoms with Crippen molar-refractivity contribution < 1.29 is 9.18 Å². The summed E-state index contributed by atoms with van der Waals surface area (Å²) in [5.41, 5.74) is 0.572. The van der Waals surface area contributed by atoms with Crippen molar-refractivity contribution in [3.63, 3.8) is 0 Å². The zero-order valence-corrected chi connectivity index (χ0v) is 10.4. The zero-order chi connectivity index (χ0) is 13.1. The van der Waals surface area contributed by atoms with Gasteiger partial charge in [-0.2, -0.15) is 0 Å². The highest BCUT2D eigenvalue weighted by Crippen LogP contribution is 2.19. The molecule has 0 aliphatic rings. The number of aromatic nitrogens is 1. The molecule has 1 heterocycles. The van der Waals surface area contributed by atoms with E-state index >= 15 is 0 Å². The Bertz CT molecular complexity index is 571. The standard InChI is InChI=1S/C13H10ClFN2O/c1-17(11-5-3-2-4-10(11)15)13(18)9-6-7-12(14)16-8-9/h2-8H,1H3. The van der Waals surface area contributed by atoms with Gasteiger partial charge in [0.15, 0.2) is 0 Å². The Balaban J connectivity index is 2.29. The molecule has 0 radical (unpaired) electrons. The molecule has 1 aromatic heterocycles. The van der Waals surface area contributed by atoms with Crippen molar-refractivity contribution in [2.24, 2.45) is 0 Å². The van der Waals surface area contributed by atoms with E-state index in [4.69, 9.17) is 11.6 Å². The topological polar surface area (TPSA) is 33.2 Å². The van der Waals surface area contributed by atoms with Gasteiger partial charge in [-0.15, -0.1) is 0 Å². The van der Waals surface area contributed by atoms with Crippen LogP contribution in [-0.4, -0.2) is 17.9 Å². The van der Waals surface area contributed by atoms with Gasteiger partial charge < -0.3 is 4.90 Å². The van der Waals surface area contributed by atoms with E-state index < -0.39 is 5.82 Å². The molecule has 2 rings (SSSR count). The van der Waals surface area contributed by atoms with E-state index in [2.05, 4.69) is 4.98 Å². The molecule has 0 fully saturated rings. The summed E-state index contributed by atoms with van der Waals surface area (Å²) in [4.78, 5) is 17.1. The minimum atomic E-state index is -0.449. The number of anilines is 1. The SMILES string of the molecule is CN(C(=O)c1ccc(Cl)nc1)c1ccccc1F. The van der Waals surface area contributed by atoms with E-state index in [9.17, 15) is 9.18 Å². The van der Waals surface area contributed by atoms with Crippen LogP contribution in [0.5, 0.6) is 0 Å². The van der Waals surface area contributed by atoms with Crippen LogP contribution in [0, 0.1) is 5.82 Å². The third-order valence-corrected chi connectivity index (χ3v) is 2.72. The molecule has 0 bridgehead atoms. The average Bonchev–Trinajstić information content (AvgIpc) is 2.38. The van der Waals surface area contributed by atoms with Gasteiger partial charge in [-0.05, 0) is 24.3 Å². The Morgan fingerprint density at radius 1 is 1.28 bits per heavy atom. The van der Waals surface area contributed by atoms with E-state index in [-0.39, 0.29) is 11.6 Å². The molecule has 1 amide bonds. The van der Waals surface area contributed by atoms with Crippen molar-refractivity contribution in [3.05, 3.63) is 59.1 Å². The number of para-hydroxylation sites is 1. The van der Waals surface area contributed by atoms with Crippen molar-refractivity contribution in [2.75, 3.05) is 11.9 Å². The molecule has 5 heteroatoms. The Hall–Kier alpha value is -1.94. The zero-order valence-electron chi connectivity index (χ0n) is 9.60.